The molecular weight excluding hydrogens is 268 g/mol. The van der Waals surface area contributed by atoms with Crippen LogP contribution in [0.2, 0.25) is 0 Å². The Morgan fingerprint density at radius 2 is 2.29 bits per heavy atom. The highest BCUT2D eigenvalue weighted by Gasteiger charge is 2.26. The molecule has 1 aromatic heterocycles. The van der Waals surface area contributed by atoms with Gasteiger partial charge < -0.3 is 15.0 Å². The maximum atomic E-state index is 11.7. The van der Waals surface area contributed by atoms with Crippen molar-refractivity contribution >= 4 is 11.9 Å². The number of alkyl carbamates (subject to hydrolysis) is 1. The molecule has 1 aromatic rings. The SMILES string of the molecule is CC(C)(C)OC(=O)N[C@H]1CCN(c2ccc(C#N)cn2)C1. The lowest BCUT2D eigenvalue weighted by Gasteiger charge is -2.22. The van der Waals surface area contributed by atoms with Crippen molar-refractivity contribution in [3.8, 4) is 6.07 Å². The molecule has 6 nitrogen and oxygen atoms in total. The summed E-state index contributed by atoms with van der Waals surface area (Å²) in [4.78, 5) is 18.1. The molecule has 0 radical (unpaired) electrons. The van der Waals surface area contributed by atoms with Crippen LogP contribution in [0, 0.1) is 11.3 Å². The van der Waals surface area contributed by atoms with Crippen molar-refractivity contribution in [2.24, 2.45) is 0 Å². The normalized spacial score (nSPS) is 18.2. The Bertz CT molecular complexity index is 542. The van der Waals surface area contributed by atoms with E-state index in [1.165, 1.54) is 0 Å². The Labute approximate surface area is 124 Å². The van der Waals surface area contributed by atoms with Gasteiger partial charge in [-0.05, 0) is 39.3 Å². The van der Waals surface area contributed by atoms with E-state index < -0.39 is 5.60 Å². The van der Waals surface area contributed by atoms with Crippen LogP contribution < -0.4 is 10.2 Å². The lowest BCUT2D eigenvalue weighted by molar-refractivity contribution is 0.0509. The van der Waals surface area contributed by atoms with Crippen LogP contribution in [0.1, 0.15) is 32.8 Å². The highest BCUT2D eigenvalue weighted by molar-refractivity contribution is 5.68. The average molecular weight is 288 g/mol. The minimum Gasteiger partial charge on any atom is -0.444 e. The first-order valence-electron chi connectivity index (χ1n) is 6.98. The summed E-state index contributed by atoms with van der Waals surface area (Å²) in [5.41, 5.74) is 0.0539. The van der Waals surface area contributed by atoms with Gasteiger partial charge in [-0.15, -0.1) is 0 Å². The highest BCUT2D eigenvalue weighted by Crippen LogP contribution is 2.18. The molecule has 0 aliphatic carbocycles. The maximum absolute atomic E-state index is 11.7. The molecule has 1 saturated heterocycles. The minimum atomic E-state index is -0.489. The number of nitriles is 1. The summed E-state index contributed by atoms with van der Waals surface area (Å²) < 4.78 is 5.25. The molecule has 21 heavy (non-hydrogen) atoms. The number of ether oxygens (including phenoxy) is 1. The monoisotopic (exact) mass is 288 g/mol. The van der Waals surface area contributed by atoms with Gasteiger partial charge in [-0.1, -0.05) is 0 Å². The van der Waals surface area contributed by atoms with Crippen molar-refractivity contribution in [2.45, 2.75) is 38.8 Å². The van der Waals surface area contributed by atoms with Gasteiger partial charge in [0, 0.05) is 19.3 Å². The smallest absolute Gasteiger partial charge is 0.407 e. The van der Waals surface area contributed by atoms with E-state index in [4.69, 9.17) is 10.00 Å². The summed E-state index contributed by atoms with van der Waals surface area (Å²) in [7, 11) is 0. The number of hydrogen-bond donors (Lipinski definition) is 1. The molecule has 1 aliphatic heterocycles. The lowest BCUT2D eigenvalue weighted by atomic mass is 10.2. The van der Waals surface area contributed by atoms with Crippen LogP contribution >= 0.6 is 0 Å². The molecule has 1 aliphatic rings. The molecule has 1 atom stereocenters. The van der Waals surface area contributed by atoms with Crippen LogP contribution in [0.5, 0.6) is 0 Å². The zero-order valence-electron chi connectivity index (χ0n) is 12.6. The Morgan fingerprint density at radius 1 is 1.52 bits per heavy atom. The number of rotatable bonds is 2. The zero-order valence-corrected chi connectivity index (χ0v) is 12.6. The molecule has 6 heteroatoms. The fraction of sp³-hybridized carbons (Fsp3) is 0.533. The van der Waals surface area contributed by atoms with Crippen molar-refractivity contribution in [1.82, 2.24) is 10.3 Å². The average Bonchev–Trinajstić information content (AvgIpc) is 2.85. The molecule has 112 valence electrons. The van der Waals surface area contributed by atoms with Crippen LogP contribution in [-0.2, 0) is 4.74 Å². The van der Waals surface area contributed by atoms with Crippen LogP contribution in [0.25, 0.3) is 0 Å². The second kappa shape index (κ2) is 6.00. The number of pyridine rings is 1. The van der Waals surface area contributed by atoms with Gasteiger partial charge in [0.15, 0.2) is 0 Å². The number of nitrogens with one attached hydrogen (secondary N) is 1. The number of anilines is 1. The summed E-state index contributed by atoms with van der Waals surface area (Å²) in [5.74, 6) is 0.822. The Morgan fingerprint density at radius 3 is 2.86 bits per heavy atom. The fourth-order valence-corrected chi connectivity index (χ4v) is 2.20. The predicted octanol–water partition coefficient (Wildman–Crippen LogP) is 2.06. The van der Waals surface area contributed by atoms with Crippen LogP contribution in [-0.4, -0.2) is 35.8 Å². The van der Waals surface area contributed by atoms with E-state index in [2.05, 4.69) is 15.2 Å². The first-order valence-corrected chi connectivity index (χ1v) is 6.98. The third-order valence-electron chi connectivity index (χ3n) is 3.11. The van der Waals surface area contributed by atoms with Gasteiger partial charge in [0.25, 0.3) is 0 Å². The Balaban J connectivity index is 1.88. The molecule has 0 spiro atoms. The molecule has 2 rings (SSSR count). The van der Waals surface area contributed by atoms with E-state index in [1.807, 2.05) is 32.9 Å². The number of carbonyl (C=O) groups is 1. The number of carbonyl (C=O) groups excluding carboxylic acids is 1. The van der Waals surface area contributed by atoms with Crippen molar-refractivity contribution in [3.05, 3.63) is 23.9 Å². The molecule has 0 saturated carbocycles. The van der Waals surface area contributed by atoms with Crippen molar-refractivity contribution < 1.29 is 9.53 Å². The largest absolute Gasteiger partial charge is 0.444 e. The molecule has 2 heterocycles. The Kier molecular flexibility index (Phi) is 4.32. The van der Waals surface area contributed by atoms with Gasteiger partial charge in [0.05, 0.1) is 11.6 Å². The van der Waals surface area contributed by atoms with E-state index >= 15 is 0 Å². The first kappa shape index (κ1) is 15.1. The molecule has 1 N–H and O–H groups in total. The second-order valence-electron chi connectivity index (χ2n) is 6.09. The minimum absolute atomic E-state index is 0.0530. The van der Waals surface area contributed by atoms with Gasteiger partial charge in [0.2, 0.25) is 0 Å². The van der Waals surface area contributed by atoms with Gasteiger partial charge in [-0.3, -0.25) is 0 Å². The number of amides is 1. The highest BCUT2D eigenvalue weighted by atomic mass is 16.6. The third kappa shape index (κ3) is 4.35. The second-order valence-corrected chi connectivity index (χ2v) is 6.09. The van der Waals surface area contributed by atoms with E-state index in [9.17, 15) is 4.79 Å². The number of hydrogen-bond acceptors (Lipinski definition) is 5. The number of nitrogens with zero attached hydrogens (tertiary/aromatic N) is 3. The van der Waals surface area contributed by atoms with Gasteiger partial charge in [-0.2, -0.15) is 5.26 Å². The molecular formula is C15H20N4O2. The predicted molar refractivity (Wildman–Crippen MR) is 78.9 cm³/mol. The molecule has 1 fully saturated rings. The van der Waals surface area contributed by atoms with E-state index in [1.54, 1.807) is 12.3 Å². The lowest BCUT2D eigenvalue weighted by Crippen LogP contribution is -2.40. The Hall–Kier alpha value is -2.29. The van der Waals surface area contributed by atoms with Crippen molar-refractivity contribution in [1.29, 1.82) is 5.26 Å². The van der Waals surface area contributed by atoms with Crippen LogP contribution in [0.3, 0.4) is 0 Å². The summed E-state index contributed by atoms with van der Waals surface area (Å²) in [6.45, 7) is 7.04. The standard InChI is InChI=1S/C15H20N4O2/c1-15(2,3)21-14(20)18-12-6-7-19(10-12)13-5-4-11(8-16)9-17-13/h4-5,9,12H,6-7,10H2,1-3H3,(H,18,20)/t12-/m0/s1. The van der Waals surface area contributed by atoms with E-state index in [0.717, 1.165) is 18.8 Å². The van der Waals surface area contributed by atoms with E-state index in [-0.39, 0.29) is 12.1 Å². The number of aromatic nitrogens is 1. The van der Waals surface area contributed by atoms with Gasteiger partial charge in [-0.25, -0.2) is 9.78 Å². The summed E-state index contributed by atoms with van der Waals surface area (Å²) in [6.07, 6.45) is 2.02. The van der Waals surface area contributed by atoms with Crippen LogP contribution in [0.15, 0.2) is 18.3 Å². The van der Waals surface area contributed by atoms with Crippen molar-refractivity contribution in [3.63, 3.8) is 0 Å². The van der Waals surface area contributed by atoms with Crippen molar-refractivity contribution in [2.75, 3.05) is 18.0 Å². The molecule has 1 amide bonds. The molecule has 0 bridgehead atoms. The third-order valence-corrected chi connectivity index (χ3v) is 3.11. The topological polar surface area (TPSA) is 78.2 Å². The van der Waals surface area contributed by atoms with Crippen LogP contribution in [0.4, 0.5) is 10.6 Å². The van der Waals surface area contributed by atoms with Gasteiger partial charge in [0.1, 0.15) is 17.5 Å². The molecule has 0 unspecified atom stereocenters. The first-order chi connectivity index (χ1) is 9.87. The summed E-state index contributed by atoms with van der Waals surface area (Å²) in [6, 6.07) is 5.67. The maximum Gasteiger partial charge on any atom is 0.407 e. The molecule has 0 aromatic carbocycles. The summed E-state index contributed by atoms with van der Waals surface area (Å²) in [5, 5.41) is 11.6. The zero-order chi connectivity index (χ0) is 15.5. The summed E-state index contributed by atoms with van der Waals surface area (Å²) >= 11 is 0. The van der Waals surface area contributed by atoms with Gasteiger partial charge >= 0.3 is 6.09 Å². The quantitative estimate of drug-likeness (QED) is 0.901. The fourth-order valence-electron chi connectivity index (χ4n) is 2.20. The van der Waals surface area contributed by atoms with E-state index in [0.29, 0.717) is 12.1 Å².